The molecule has 0 fully saturated rings. The van der Waals surface area contributed by atoms with Crippen LogP contribution in [0, 0.1) is 5.92 Å². The Bertz CT molecular complexity index is 469. The zero-order valence-electron chi connectivity index (χ0n) is 11.2. The highest BCUT2D eigenvalue weighted by atomic mass is 32.2. The molecule has 0 aliphatic heterocycles. The summed E-state index contributed by atoms with van der Waals surface area (Å²) in [5.41, 5.74) is 5.54. The summed E-state index contributed by atoms with van der Waals surface area (Å²) in [4.78, 5) is 3.96. The summed E-state index contributed by atoms with van der Waals surface area (Å²) in [6.45, 7) is 7.70. The molecule has 0 saturated heterocycles. The first kappa shape index (κ1) is 15.1. The Morgan fingerprint density at radius 2 is 2.17 bits per heavy atom. The summed E-state index contributed by atoms with van der Waals surface area (Å²) in [5.74, 6) is 0.132. The molecule has 0 aliphatic carbocycles. The third-order valence-electron chi connectivity index (χ3n) is 2.85. The van der Waals surface area contributed by atoms with Crippen molar-refractivity contribution in [1.29, 1.82) is 0 Å². The molecule has 0 saturated carbocycles. The fraction of sp³-hybridized carbons (Fsp3) is 0.727. The topological polar surface area (TPSA) is 81.2 Å². The molecule has 0 spiro atoms. The molecule has 1 aromatic rings. The van der Waals surface area contributed by atoms with Crippen molar-refractivity contribution >= 4 is 10.0 Å². The Morgan fingerprint density at radius 1 is 1.50 bits per heavy atom. The number of sulfonamides is 1. The number of hydrogen-bond donors (Lipinski definition) is 1. The van der Waals surface area contributed by atoms with E-state index in [0.29, 0.717) is 26.2 Å². The van der Waals surface area contributed by atoms with Crippen LogP contribution in [0.2, 0.25) is 0 Å². The fourth-order valence-electron chi connectivity index (χ4n) is 1.60. The Kier molecular flexibility index (Phi) is 5.30. The van der Waals surface area contributed by atoms with Crippen LogP contribution >= 0.6 is 0 Å². The minimum atomic E-state index is -3.50. The van der Waals surface area contributed by atoms with E-state index in [1.54, 1.807) is 10.8 Å². The van der Waals surface area contributed by atoms with Gasteiger partial charge >= 0.3 is 0 Å². The van der Waals surface area contributed by atoms with Crippen LogP contribution in [-0.4, -0.2) is 41.9 Å². The van der Waals surface area contributed by atoms with Crippen LogP contribution in [0.25, 0.3) is 0 Å². The van der Waals surface area contributed by atoms with Crippen LogP contribution in [0.5, 0.6) is 0 Å². The van der Waals surface area contributed by atoms with E-state index >= 15 is 0 Å². The van der Waals surface area contributed by atoms with Crippen LogP contribution in [-0.2, 0) is 16.6 Å². The molecule has 1 heterocycles. The molecular formula is C11H22N4O2S. The molecule has 0 amide bonds. The van der Waals surface area contributed by atoms with Gasteiger partial charge in [0.15, 0.2) is 5.03 Å². The lowest BCUT2D eigenvalue weighted by molar-refractivity contribution is 0.370. The number of rotatable bonds is 7. The van der Waals surface area contributed by atoms with E-state index in [-0.39, 0.29) is 10.9 Å². The predicted molar refractivity (Wildman–Crippen MR) is 70.6 cm³/mol. The van der Waals surface area contributed by atoms with Gasteiger partial charge in [-0.1, -0.05) is 13.8 Å². The largest absolute Gasteiger partial charge is 0.336 e. The van der Waals surface area contributed by atoms with Gasteiger partial charge in [-0.25, -0.2) is 13.4 Å². The second-order valence-corrected chi connectivity index (χ2v) is 6.22. The van der Waals surface area contributed by atoms with E-state index in [0.717, 1.165) is 0 Å². The average molecular weight is 274 g/mol. The van der Waals surface area contributed by atoms with Crippen molar-refractivity contribution in [1.82, 2.24) is 13.9 Å². The zero-order chi connectivity index (χ0) is 13.8. The van der Waals surface area contributed by atoms with Crippen LogP contribution in [0.4, 0.5) is 0 Å². The lowest BCUT2D eigenvalue weighted by Gasteiger charge is -2.22. The molecule has 0 radical (unpaired) electrons. The normalized spacial score (nSPS) is 14.1. The lowest BCUT2D eigenvalue weighted by atomic mass is 10.2. The van der Waals surface area contributed by atoms with Crippen LogP contribution in [0.15, 0.2) is 17.6 Å². The maximum Gasteiger partial charge on any atom is 0.262 e. The molecule has 0 aliphatic rings. The summed E-state index contributed by atoms with van der Waals surface area (Å²) in [6.07, 6.45) is 3.10. The van der Waals surface area contributed by atoms with Gasteiger partial charge in [-0.3, -0.25) is 0 Å². The molecule has 1 rings (SSSR count). The minimum absolute atomic E-state index is 0.107. The van der Waals surface area contributed by atoms with Gasteiger partial charge in [0, 0.05) is 25.8 Å². The third kappa shape index (κ3) is 3.30. The zero-order valence-corrected chi connectivity index (χ0v) is 12.0. The first-order chi connectivity index (χ1) is 8.45. The quantitative estimate of drug-likeness (QED) is 0.785. The van der Waals surface area contributed by atoms with E-state index in [2.05, 4.69) is 4.98 Å². The van der Waals surface area contributed by atoms with E-state index < -0.39 is 10.0 Å². The van der Waals surface area contributed by atoms with Gasteiger partial charge in [0.05, 0.1) is 6.33 Å². The Morgan fingerprint density at radius 3 is 2.61 bits per heavy atom. The third-order valence-corrected chi connectivity index (χ3v) is 4.68. The number of hydrogen-bond acceptors (Lipinski definition) is 4. The van der Waals surface area contributed by atoms with Crippen molar-refractivity contribution in [2.75, 3.05) is 19.6 Å². The van der Waals surface area contributed by atoms with Crippen molar-refractivity contribution < 1.29 is 8.42 Å². The molecule has 0 bridgehead atoms. The second kappa shape index (κ2) is 6.31. The molecular weight excluding hydrogens is 252 g/mol. The molecule has 1 unspecified atom stereocenters. The van der Waals surface area contributed by atoms with Crippen LogP contribution in [0.1, 0.15) is 20.8 Å². The number of nitrogens with two attached hydrogens (primary N) is 1. The van der Waals surface area contributed by atoms with Gasteiger partial charge in [0.2, 0.25) is 0 Å². The van der Waals surface area contributed by atoms with E-state index in [1.165, 1.54) is 10.6 Å². The lowest BCUT2D eigenvalue weighted by Crippen LogP contribution is -2.36. The van der Waals surface area contributed by atoms with Gasteiger partial charge in [-0.15, -0.1) is 0 Å². The highest BCUT2D eigenvalue weighted by Crippen LogP contribution is 2.14. The molecule has 1 aromatic heterocycles. The monoisotopic (exact) mass is 274 g/mol. The Labute approximate surface area is 109 Å². The summed E-state index contributed by atoms with van der Waals surface area (Å²) in [5, 5.41) is 0.107. The van der Waals surface area contributed by atoms with Gasteiger partial charge < -0.3 is 10.3 Å². The maximum absolute atomic E-state index is 12.4. The number of nitrogens with zero attached hydrogens (tertiary/aromatic N) is 3. The van der Waals surface area contributed by atoms with Crippen LogP contribution < -0.4 is 5.73 Å². The van der Waals surface area contributed by atoms with Crippen molar-refractivity contribution in [3.8, 4) is 0 Å². The average Bonchev–Trinajstić information content (AvgIpc) is 2.84. The molecule has 2 N–H and O–H groups in total. The Hall–Kier alpha value is -0.920. The summed E-state index contributed by atoms with van der Waals surface area (Å²) < 4.78 is 27.9. The van der Waals surface area contributed by atoms with Gasteiger partial charge in [0.1, 0.15) is 0 Å². The van der Waals surface area contributed by atoms with E-state index in [4.69, 9.17) is 5.73 Å². The number of imidazole rings is 1. The van der Waals surface area contributed by atoms with E-state index in [1.807, 2.05) is 20.8 Å². The van der Waals surface area contributed by atoms with Gasteiger partial charge in [0.25, 0.3) is 10.0 Å². The second-order valence-electron chi connectivity index (χ2n) is 4.34. The van der Waals surface area contributed by atoms with Crippen LogP contribution in [0.3, 0.4) is 0 Å². The molecule has 7 heteroatoms. The van der Waals surface area contributed by atoms with Crippen molar-refractivity contribution in [3.63, 3.8) is 0 Å². The highest BCUT2D eigenvalue weighted by Gasteiger charge is 2.26. The van der Waals surface area contributed by atoms with E-state index in [9.17, 15) is 8.42 Å². The standard InChI is InChI=1S/C11H22N4O2S/c1-4-14-8-11(13-9-14)18(16,17)15(5-2)7-10(3)6-12/h8-10H,4-7,12H2,1-3H3. The molecule has 18 heavy (non-hydrogen) atoms. The Balaban J connectivity index is 2.95. The van der Waals surface area contributed by atoms with Gasteiger partial charge in [-0.05, 0) is 19.4 Å². The first-order valence-electron chi connectivity index (χ1n) is 6.17. The molecule has 1 atom stereocenters. The molecule has 0 aromatic carbocycles. The first-order valence-corrected chi connectivity index (χ1v) is 7.61. The minimum Gasteiger partial charge on any atom is -0.336 e. The molecule has 104 valence electrons. The number of aromatic nitrogens is 2. The van der Waals surface area contributed by atoms with Crippen molar-refractivity contribution in [2.24, 2.45) is 11.7 Å². The smallest absolute Gasteiger partial charge is 0.262 e. The SMILES string of the molecule is CCN(CC(C)CN)S(=O)(=O)c1cn(CC)cn1. The van der Waals surface area contributed by atoms with Gasteiger partial charge in [-0.2, -0.15) is 4.31 Å². The van der Waals surface area contributed by atoms with Crippen molar-refractivity contribution in [3.05, 3.63) is 12.5 Å². The number of aryl methyl sites for hydroxylation is 1. The molecule has 6 nitrogen and oxygen atoms in total. The summed E-state index contributed by atoms with van der Waals surface area (Å²) in [7, 11) is -3.50. The predicted octanol–water partition coefficient (Wildman–Crippen LogP) is 0.508. The van der Waals surface area contributed by atoms with Crippen molar-refractivity contribution in [2.45, 2.75) is 32.3 Å². The fourth-order valence-corrected chi connectivity index (χ4v) is 3.10. The maximum atomic E-state index is 12.4. The summed E-state index contributed by atoms with van der Waals surface area (Å²) >= 11 is 0. The summed E-state index contributed by atoms with van der Waals surface area (Å²) in [6, 6.07) is 0. The highest BCUT2D eigenvalue weighted by molar-refractivity contribution is 7.89.